The van der Waals surface area contributed by atoms with Gasteiger partial charge in [0.15, 0.2) is 11.5 Å². The zero-order valence-corrected chi connectivity index (χ0v) is 21.8. The lowest BCUT2D eigenvalue weighted by Crippen LogP contribution is -2.42. The number of Topliss-reactive ketones (excluding diaryl/α,β-unsaturated/α-hetero) is 1. The Kier molecular flexibility index (Phi) is 8.35. The number of amides is 1. The molecule has 1 atom stereocenters. The number of hydrogen-bond acceptors (Lipinski definition) is 8. The van der Waals surface area contributed by atoms with Crippen molar-refractivity contribution < 1.29 is 33.6 Å². The zero-order valence-electron chi connectivity index (χ0n) is 21.8. The second-order valence-electron chi connectivity index (χ2n) is 8.97. The second kappa shape index (κ2) is 11.7. The SMILES string of the molecule is CCOc1ccc(C(O)=C2C(=O)C(=O)N(CCN3CCOCC3)[C@@H]2c2ccc(OC)c(OC)c2)cc1C. The molecule has 0 unspecified atom stereocenters. The first-order chi connectivity index (χ1) is 17.9. The maximum atomic E-state index is 13.4. The zero-order chi connectivity index (χ0) is 26.5. The summed E-state index contributed by atoms with van der Waals surface area (Å²) in [6, 6.07) is 9.69. The Morgan fingerprint density at radius 1 is 1.00 bits per heavy atom. The Labute approximate surface area is 217 Å². The first-order valence-corrected chi connectivity index (χ1v) is 12.4. The van der Waals surface area contributed by atoms with Crippen LogP contribution in [0.5, 0.6) is 17.2 Å². The minimum atomic E-state index is -0.785. The van der Waals surface area contributed by atoms with Crippen LogP contribution < -0.4 is 14.2 Å². The Hall–Kier alpha value is -3.56. The third-order valence-corrected chi connectivity index (χ3v) is 6.77. The van der Waals surface area contributed by atoms with E-state index in [9.17, 15) is 14.7 Å². The molecular weight excluding hydrogens is 476 g/mol. The van der Waals surface area contributed by atoms with Crippen LogP contribution in [-0.2, 0) is 14.3 Å². The van der Waals surface area contributed by atoms with Gasteiger partial charge in [-0.25, -0.2) is 0 Å². The summed E-state index contributed by atoms with van der Waals surface area (Å²) in [6.45, 7) is 7.98. The molecule has 1 amide bonds. The van der Waals surface area contributed by atoms with Gasteiger partial charge in [-0.3, -0.25) is 14.5 Å². The number of aliphatic hydroxyl groups excluding tert-OH is 1. The number of ether oxygens (including phenoxy) is 4. The summed E-state index contributed by atoms with van der Waals surface area (Å²) in [6.07, 6.45) is 0. The summed E-state index contributed by atoms with van der Waals surface area (Å²) in [5.41, 5.74) is 1.94. The molecule has 2 aliphatic rings. The summed E-state index contributed by atoms with van der Waals surface area (Å²) < 4.78 is 21.9. The van der Waals surface area contributed by atoms with Crippen LogP contribution in [0.25, 0.3) is 5.76 Å². The summed E-state index contributed by atoms with van der Waals surface area (Å²) in [5, 5.41) is 11.4. The van der Waals surface area contributed by atoms with Crippen LogP contribution in [0.1, 0.15) is 29.7 Å². The average molecular weight is 511 g/mol. The maximum absolute atomic E-state index is 13.4. The normalized spacial score (nSPS) is 19.8. The van der Waals surface area contributed by atoms with Gasteiger partial charge in [-0.1, -0.05) is 6.07 Å². The molecule has 2 fully saturated rings. The molecule has 2 aromatic rings. The molecule has 0 aromatic heterocycles. The lowest BCUT2D eigenvalue weighted by molar-refractivity contribution is -0.140. The molecule has 9 nitrogen and oxygen atoms in total. The van der Waals surface area contributed by atoms with Crippen LogP contribution in [0.4, 0.5) is 0 Å². The van der Waals surface area contributed by atoms with Crippen LogP contribution in [0, 0.1) is 6.92 Å². The van der Waals surface area contributed by atoms with E-state index >= 15 is 0 Å². The third-order valence-electron chi connectivity index (χ3n) is 6.77. The number of likely N-dealkylation sites (tertiary alicyclic amines) is 1. The quantitative estimate of drug-likeness (QED) is 0.312. The number of aryl methyl sites for hydroxylation is 1. The average Bonchev–Trinajstić information content (AvgIpc) is 3.17. The highest BCUT2D eigenvalue weighted by Crippen LogP contribution is 2.42. The van der Waals surface area contributed by atoms with Crippen molar-refractivity contribution in [3.8, 4) is 17.2 Å². The fraction of sp³-hybridized carbons (Fsp3) is 0.429. The molecule has 0 aliphatic carbocycles. The molecule has 2 aliphatic heterocycles. The summed E-state index contributed by atoms with van der Waals surface area (Å²) in [4.78, 5) is 30.4. The van der Waals surface area contributed by atoms with Gasteiger partial charge in [-0.2, -0.15) is 0 Å². The number of ketones is 1. The van der Waals surface area contributed by atoms with Gasteiger partial charge in [-0.15, -0.1) is 0 Å². The van der Waals surface area contributed by atoms with E-state index in [0.29, 0.717) is 61.3 Å². The third kappa shape index (κ3) is 5.42. The molecule has 1 N–H and O–H groups in total. The predicted octanol–water partition coefficient (Wildman–Crippen LogP) is 3.16. The van der Waals surface area contributed by atoms with E-state index in [-0.39, 0.29) is 11.3 Å². The van der Waals surface area contributed by atoms with E-state index in [4.69, 9.17) is 18.9 Å². The smallest absolute Gasteiger partial charge is 0.295 e. The topological polar surface area (TPSA) is 97.8 Å². The summed E-state index contributed by atoms with van der Waals surface area (Å²) >= 11 is 0. The molecule has 2 saturated heterocycles. The number of aliphatic hydroxyl groups is 1. The molecule has 0 bridgehead atoms. The van der Waals surface area contributed by atoms with Crippen molar-refractivity contribution in [2.24, 2.45) is 0 Å². The maximum Gasteiger partial charge on any atom is 0.295 e. The number of methoxy groups -OCH3 is 2. The van der Waals surface area contributed by atoms with Gasteiger partial charge in [-0.05, 0) is 55.3 Å². The van der Waals surface area contributed by atoms with Crippen LogP contribution in [0.2, 0.25) is 0 Å². The Balaban J connectivity index is 1.78. The largest absolute Gasteiger partial charge is 0.507 e. The van der Waals surface area contributed by atoms with E-state index in [1.807, 2.05) is 13.8 Å². The number of morpholine rings is 1. The molecule has 2 aromatic carbocycles. The van der Waals surface area contributed by atoms with Crippen LogP contribution >= 0.6 is 0 Å². The highest BCUT2D eigenvalue weighted by molar-refractivity contribution is 6.46. The number of rotatable bonds is 9. The highest BCUT2D eigenvalue weighted by Gasteiger charge is 2.46. The minimum Gasteiger partial charge on any atom is -0.507 e. The second-order valence-corrected chi connectivity index (χ2v) is 8.97. The van der Waals surface area contributed by atoms with Gasteiger partial charge in [0, 0.05) is 31.7 Å². The molecule has 4 rings (SSSR count). The highest BCUT2D eigenvalue weighted by atomic mass is 16.5. The molecule has 37 heavy (non-hydrogen) atoms. The van der Waals surface area contributed by atoms with Gasteiger partial charge in [0.1, 0.15) is 11.5 Å². The van der Waals surface area contributed by atoms with Crippen molar-refractivity contribution >= 4 is 17.4 Å². The van der Waals surface area contributed by atoms with Crippen molar-refractivity contribution in [1.82, 2.24) is 9.80 Å². The number of benzene rings is 2. The van der Waals surface area contributed by atoms with Crippen molar-refractivity contribution in [3.05, 3.63) is 58.7 Å². The van der Waals surface area contributed by atoms with Crippen molar-refractivity contribution in [2.75, 3.05) is 60.2 Å². The summed E-state index contributed by atoms with van der Waals surface area (Å²) in [7, 11) is 3.07. The first-order valence-electron chi connectivity index (χ1n) is 12.4. The fourth-order valence-corrected chi connectivity index (χ4v) is 4.82. The van der Waals surface area contributed by atoms with Crippen molar-refractivity contribution in [2.45, 2.75) is 19.9 Å². The van der Waals surface area contributed by atoms with Crippen molar-refractivity contribution in [3.63, 3.8) is 0 Å². The van der Waals surface area contributed by atoms with E-state index < -0.39 is 17.7 Å². The van der Waals surface area contributed by atoms with E-state index in [2.05, 4.69) is 4.90 Å². The molecule has 9 heteroatoms. The van der Waals surface area contributed by atoms with Crippen molar-refractivity contribution in [1.29, 1.82) is 0 Å². The predicted molar refractivity (Wildman–Crippen MR) is 138 cm³/mol. The van der Waals surface area contributed by atoms with Crippen LogP contribution in [0.3, 0.4) is 0 Å². The van der Waals surface area contributed by atoms with Gasteiger partial charge < -0.3 is 29.0 Å². The Bertz CT molecular complexity index is 1190. The lowest BCUT2D eigenvalue weighted by Gasteiger charge is -2.31. The standard InChI is InChI=1S/C28H34N2O7/c1-5-37-21-8-7-20(16-18(21)2)26(31)24-25(19-6-9-22(34-3)23(17-19)35-4)30(28(33)27(24)32)11-10-29-12-14-36-15-13-29/h6-9,16-17,25,31H,5,10-15H2,1-4H3/t25-/m1/s1. The molecule has 0 spiro atoms. The molecule has 0 radical (unpaired) electrons. The lowest BCUT2D eigenvalue weighted by atomic mass is 9.94. The van der Waals surface area contributed by atoms with E-state index in [1.165, 1.54) is 12.0 Å². The van der Waals surface area contributed by atoms with Gasteiger partial charge in [0.25, 0.3) is 11.7 Å². The molecule has 198 valence electrons. The van der Waals surface area contributed by atoms with Crippen LogP contribution in [0.15, 0.2) is 42.0 Å². The summed E-state index contributed by atoms with van der Waals surface area (Å²) in [5.74, 6) is 0.108. The van der Waals surface area contributed by atoms with E-state index in [0.717, 1.165) is 18.7 Å². The first kappa shape index (κ1) is 26.5. The van der Waals surface area contributed by atoms with Gasteiger partial charge in [0.2, 0.25) is 0 Å². The van der Waals surface area contributed by atoms with Gasteiger partial charge >= 0.3 is 0 Å². The number of carbonyl (C=O) groups excluding carboxylic acids is 2. The molecule has 2 heterocycles. The number of nitrogens with zero attached hydrogens (tertiary/aromatic N) is 2. The van der Waals surface area contributed by atoms with E-state index in [1.54, 1.807) is 43.5 Å². The fourth-order valence-electron chi connectivity index (χ4n) is 4.82. The number of hydrogen-bond donors (Lipinski definition) is 1. The molecular formula is C28H34N2O7. The monoisotopic (exact) mass is 510 g/mol. The number of carbonyl (C=O) groups is 2. The Morgan fingerprint density at radius 2 is 1.70 bits per heavy atom. The van der Waals surface area contributed by atoms with Gasteiger partial charge in [0.05, 0.1) is 45.7 Å². The van der Waals surface area contributed by atoms with Crippen LogP contribution in [-0.4, -0.2) is 86.8 Å². The minimum absolute atomic E-state index is 0.0442. The molecule has 0 saturated carbocycles. The Morgan fingerprint density at radius 3 is 2.35 bits per heavy atom.